The highest BCUT2D eigenvalue weighted by Crippen LogP contribution is 2.30. The van der Waals surface area contributed by atoms with Crippen molar-refractivity contribution in [3.8, 4) is 0 Å². The van der Waals surface area contributed by atoms with Gasteiger partial charge in [0.2, 0.25) is 5.91 Å². The molecule has 1 amide bonds. The minimum atomic E-state index is 0.00381. The predicted octanol–water partition coefficient (Wildman–Crippen LogP) is 2.77. The molecular weight excluding hydrogens is 276 g/mol. The van der Waals surface area contributed by atoms with Crippen molar-refractivity contribution in [3.05, 3.63) is 0 Å². The van der Waals surface area contributed by atoms with E-state index >= 15 is 0 Å². The molecule has 0 aromatic carbocycles. The molecule has 0 saturated carbocycles. The van der Waals surface area contributed by atoms with E-state index in [0.717, 1.165) is 51.5 Å². The fraction of sp³-hybridized carbons (Fsp3) is 0.944. The van der Waals surface area contributed by atoms with Crippen LogP contribution in [0.4, 0.5) is 0 Å². The number of carbonyl (C=O) groups is 1. The van der Waals surface area contributed by atoms with Gasteiger partial charge in [-0.25, -0.2) is 0 Å². The Morgan fingerprint density at radius 2 is 1.82 bits per heavy atom. The van der Waals surface area contributed by atoms with Crippen molar-refractivity contribution in [2.45, 2.75) is 59.0 Å². The number of carbonyl (C=O) groups excluding carboxylic acids is 1. The van der Waals surface area contributed by atoms with Crippen molar-refractivity contribution in [1.82, 2.24) is 9.80 Å². The number of amides is 1. The molecule has 0 N–H and O–H groups in total. The lowest BCUT2D eigenvalue weighted by atomic mass is 9.88. The molecule has 0 atom stereocenters. The van der Waals surface area contributed by atoms with Crippen LogP contribution in [-0.2, 0) is 9.53 Å². The van der Waals surface area contributed by atoms with Crippen LogP contribution in [0.1, 0.15) is 53.4 Å². The summed E-state index contributed by atoms with van der Waals surface area (Å²) in [5.74, 6) is 1.19. The highest BCUT2D eigenvalue weighted by atomic mass is 16.5. The Bertz CT molecular complexity index is 360. The normalized spacial score (nSPS) is 22.7. The number of likely N-dealkylation sites (tertiary alicyclic amines) is 1. The van der Waals surface area contributed by atoms with Gasteiger partial charge in [-0.15, -0.1) is 0 Å². The van der Waals surface area contributed by atoms with Crippen molar-refractivity contribution >= 4 is 5.91 Å². The van der Waals surface area contributed by atoms with Crippen LogP contribution in [0.25, 0.3) is 0 Å². The van der Waals surface area contributed by atoms with Gasteiger partial charge in [0.15, 0.2) is 0 Å². The standard InChI is InChI=1S/C18H34N2O2/c1-15(2)6-5-9-19-12-13-22-18(14-19)7-10-20(11-8-18)17(21)16(3)4/h15-16H,5-14H2,1-4H3. The summed E-state index contributed by atoms with van der Waals surface area (Å²) in [6.45, 7) is 14.4. The zero-order chi connectivity index (χ0) is 16.2. The number of hydrogen-bond acceptors (Lipinski definition) is 3. The first-order valence-electron chi connectivity index (χ1n) is 9.07. The van der Waals surface area contributed by atoms with Gasteiger partial charge in [0.05, 0.1) is 12.2 Å². The molecule has 22 heavy (non-hydrogen) atoms. The van der Waals surface area contributed by atoms with Crippen LogP contribution in [0, 0.1) is 11.8 Å². The minimum absolute atomic E-state index is 0.00381. The summed E-state index contributed by atoms with van der Waals surface area (Å²) in [5, 5.41) is 0. The third-order valence-electron chi connectivity index (χ3n) is 5.06. The van der Waals surface area contributed by atoms with Gasteiger partial charge in [0.25, 0.3) is 0 Å². The Morgan fingerprint density at radius 3 is 2.41 bits per heavy atom. The van der Waals surface area contributed by atoms with Crippen molar-refractivity contribution < 1.29 is 9.53 Å². The lowest BCUT2D eigenvalue weighted by molar-refractivity contribution is -0.152. The van der Waals surface area contributed by atoms with Crippen molar-refractivity contribution in [1.29, 1.82) is 0 Å². The number of ether oxygens (including phenoxy) is 1. The Labute approximate surface area is 136 Å². The highest BCUT2D eigenvalue weighted by Gasteiger charge is 2.40. The third-order valence-corrected chi connectivity index (χ3v) is 5.06. The van der Waals surface area contributed by atoms with E-state index in [0.29, 0.717) is 5.91 Å². The van der Waals surface area contributed by atoms with Gasteiger partial charge in [-0.1, -0.05) is 27.7 Å². The molecule has 2 heterocycles. The Balaban J connectivity index is 1.81. The van der Waals surface area contributed by atoms with E-state index in [1.54, 1.807) is 0 Å². The number of piperidine rings is 1. The SMILES string of the molecule is CC(C)CCCN1CCOC2(CCN(C(=O)C(C)C)CC2)C1. The first-order chi connectivity index (χ1) is 10.4. The predicted molar refractivity (Wildman–Crippen MR) is 89.8 cm³/mol. The average molecular weight is 310 g/mol. The van der Waals surface area contributed by atoms with E-state index < -0.39 is 0 Å². The molecule has 2 aliphatic heterocycles. The Hall–Kier alpha value is -0.610. The lowest BCUT2D eigenvalue weighted by Crippen LogP contribution is -2.57. The molecule has 2 fully saturated rings. The molecule has 2 rings (SSSR count). The Morgan fingerprint density at radius 1 is 1.14 bits per heavy atom. The maximum atomic E-state index is 12.1. The second-order valence-electron chi connectivity index (χ2n) is 7.82. The third kappa shape index (κ3) is 4.69. The maximum absolute atomic E-state index is 12.1. The Kier molecular flexibility index (Phi) is 6.27. The van der Waals surface area contributed by atoms with E-state index in [-0.39, 0.29) is 11.5 Å². The fourth-order valence-electron chi connectivity index (χ4n) is 3.64. The number of hydrogen-bond donors (Lipinski definition) is 0. The van der Waals surface area contributed by atoms with Gasteiger partial charge in [-0.05, 0) is 38.1 Å². The van der Waals surface area contributed by atoms with Gasteiger partial charge in [0.1, 0.15) is 0 Å². The maximum Gasteiger partial charge on any atom is 0.225 e. The van der Waals surface area contributed by atoms with Gasteiger partial charge in [-0.3, -0.25) is 9.69 Å². The molecule has 0 radical (unpaired) electrons. The first kappa shape index (κ1) is 17.7. The zero-order valence-electron chi connectivity index (χ0n) is 14.9. The van der Waals surface area contributed by atoms with Gasteiger partial charge in [-0.2, -0.15) is 0 Å². The number of morpholine rings is 1. The van der Waals surface area contributed by atoms with Gasteiger partial charge < -0.3 is 9.64 Å². The summed E-state index contributed by atoms with van der Waals surface area (Å²) in [5.41, 5.74) is 0.00381. The van der Waals surface area contributed by atoms with Gasteiger partial charge >= 0.3 is 0 Å². The summed E-state index contributed by atoms with van der Waals surface area (Å²) in [4.78, 5) is 16.7. The monoisotopic (exact) mass is 310 g/mol. The largest absolute Gasteiger partial charge is 0.372 e. The van der Waals surface area contributed by atoms with E-state index in [9.17, 15) is 4.79 Å². The quantitative estimate of drug-likeness (QED) is 0.783. The second kappa shape index (κ2) is 7.78. The van der Waals surface area contributed by atoms with Crippen molar-refractivity contribution in [2.75, 3.05) is 39.3 Å². The van der Waals surface area contributed by atoms with Crippen molar-refractivity contribution in [2.24, 2.45) is 11.8 Å². The summed E-state index contributed by atoms with van der Waals surface area (Å²) in [6.07, 6.45) is 4.57. The smallest absolute Gasteiger partial charge is 0.225 e. The number of nitrogens with zero attached hydrogens (tertiary/aromatic N) is 2. The molecule has 0 aromatic rings. The molecule has 2 aliphatic rings. The van der Waals surface area contributed by atoms with Crippen LogP contribution in [0.5, 0.6) is 0 Å². The molecule has 4 nitrogen and oxygen atoms in total. The highest BCUT2D eigenvalue weighted by molar-refractivity contribution is 5.78. The van der Waals surface area contributed by atoms with Crippen LogP contribution < -0.4 is 0 Å². The molecule has 2 saturated heterocycles. The average Bonchev–Trinajstić information content (AvgIpc) is 2.47. The topological polar surface area (TPSA) is 32.8 Å². The van der Waals surface area contributed by atoms with Crippen LogP contribution in [0.2, 0.25) is 0 Å². The molecular formula is C18H34N2O2. The lowest BCUT2D eigenvalue weighted by Gasteiger charge is -2.47. The molecule has 0 bridgehead atoms. The summed E-state index contributed by atoms with van der Waals surface area (Å²) < 4.78 is 6.17. The van der Waals surface area contributed by atoms with Crippen LogP contribution in [0.15, 0.2) is 0 Å². The van der Waals surface area contributed by atoms with E-state index in [4.69, 9.17) is 4.74 Å². The fourth-order valence-corrected chi connectivity index (χ4v) is 3.64. The molecule has 0 aliphatic carbocycles. The molecule has 1 spiro atoms. The first-order valence-corrected chi connectivity index (χ1v) is 9.07. The van der Waals surface area contributed by atoms with Gasteiger partial charge in [0, 0.05) is 32.1 Å². The molecule has 128 valence electrons. The second-order valence-corrected chi connectivity index (χ2v) is 7.82. The summed E-state index contributed by atoms with van der Waals surface area (Å²) in [6, 6.07) is 0. The van der Waals surface area contributed by atoms with Crippen molar-refractivity contribution in [3.63, 3.8) is 0 Å². The summed E-state index contributed by atoms with van der Waals surface area (Å²) in [7, 11) is 0. The number of rotatable bonds is 5. The van der Waals surface area contributed by atoms with E-state index in [1.807, 2.05) is 18.7 Å². The molecule has 4 heteroatoms. The molecule has 0 aromatic heterocycles. The van der Waals surface area contributed by atoms with E-state index in [1.165, 1.54) is 19.4 Å². The van der Waals surface area contributed by atoms with Crippen LogP contribution >= 0.6 is 0 Å². The minimum Gasteiger partial charge on any atom is -0.372 e. The zero-order valence-corrected chi connectivity index (χ0v) is 14.9. The van der Waals surface area contributed by atoms with Crippen LogP contribution in [-0.4, -0.2) is 60.6 Å². The van der Waals surface area contributed by atoms with Crippen LogP contribution in [0.3, 0.4) is 0 Å². The van der Waals surface area contributed by atoms with E-state index in [2.05, 4.69) is 18.7 Å². The summed E-state index contributed by atoms with van der Waals surface area (Å²) >= 11 is 0. The molecule has 0 unspecified atom stereocenters.